The highest BCUT2D eigenvalue weighted by atomic mass is 31.2. The van der Waals surface area contributed by atoms with Crippen LogP contribution in [0.25, 0.3) is 0 Å². The van der Waals surface area contributed by atoms with Crippen LogP contribution in [0.2, 0.25) is 0 Å². The molecule has 0 amide bonds. The largest absolute Gasteiger partial charge is 0.480 e. The molecule has 31 heavy (non-hydrogen) atoms. The van der Waals surface area contributed by atoms with Gasteiger partial charge in [0.05, 0.1) is 9.85 Å². The number of carbonyl (C=O) groups is 1. The van der Waals surface area contributed by atoms with E-state index in [9.17, 15) is 29.6 Å². The molecular formula is C18H31N4O8P. The first-order chi connectivity index (χ1) is 14.2. The van der Waals surface area contributed by atoms with Gasteiger partial charge >= 0.3 is 11.7 Å². The lowest BCUT2D eigenvalue weighted by Gasteiger charge is -2.17. The number of carboxylic acid groups (broad SMARTS) is 1. The Hall–Kier alpha value is -2.56. The maximum absolute atomic E-state index is 11.3. The van der Waals surface area contributed by atoms with Gasteiger partial charge < -0.3 is 21.1 Å². The van der Waals surface area contributed by atoms with Crippen LogP contribution in [0.3, 0.4) is 0 Å². The van der Waals surface area contributed by atoms with E-state index < -0.39 is 29.2 Å². The first-order valence-electron chi connectivity index (χ1n) is 9.63. The number of nitro benzene ring substituents is 2. The van der Waals surface area contributed by atoms with Crippen molar-refractivity contribution in [2.75, 3.05) is 18.1 Å². The minimum absolute atomic E-state index is 0.0109. The number of rotatable bonds is 10. The van der Waals surface area contributed by atoms with E-state index in [-0.39, 0.29) is 35.7 Å². The number of nitro groups is 2. The van der Waals surface area contributed by atoms with E-state index in [0.29, 0.717) is 11.1 Å². The summed E-state index contributed by atoms with van der Waals surface area (Å²) in [6.07, 6.45) is 1.47. The van der Waals surface area contributed by atoms with Crippen LogP contribution in [0.5, 0.6) is 0 Å². The van der Waals surface area contributed by atoms with E-state index in [1.807, 2.05) is 13.8 Å². The third-order valence-electron chi connectivity index (χ3n) is 4.68. The number of anilines is 1. The van der Waals surface area contributed by atoms with Gasteiger partial charge in [0.1, 0.15) is 6.04 Å². The highest BCUT2D eigenvalue weighted by Gasteiger charge is 2.30. The van der Waals surface area contributed by atoms with Gasteiger partial charge in [0.25, 0.3) is 5.69 Å². The molecule has 0 aliphatic carbocycles. The zero-order valence-corrected chi connectivity index (χ0v) is 19.2. The number of nitrogens with zero attached hydrogens (tertiary/aromatic N) is 2. The molecule has 13 heteroatoms. The Kier molecular flexibility index (Phi) is 11.3. The molecule has 0 aliphatic heterocycles. The maximum Gasteiger partial charge on any atom is 0.320 e. The van der Waals surface area contributed by atoms with Crippen LogP contribution in [0.1, 0.15) is 44.2 Å². The molecule has 5 N–H and O–H groups in total. The molecule has 176 valence electrons. The van der Waals surface area contributed by atoms with Crippen LogP contribution in [-0.2, 0) is 9.36 Å². The fraction of sp³-hybridized carbons (Fsp3) is 0.611. The predicted octanol–water partition coefficient (Wildman–Crippen LogP) is 3.41. The van der Waals surface area contributed by atoms with Crippen molar-refractivity contribution in [3.05, 3.63) is 37.4 Å². The highest BCUT2D eigenvalue weighted by Crippen LogP contribution is 2.39. The zero-order chi connectivity index (χ0) is 24.5. The summed E-state index contributed by atoms with van der Waals surface area (Å²) in [5.74, 6) is -1.14. The van der Waals surface area contributed by atoms with E-state index in [1.54, 1.807) is 13.8 Å². The van der Waals surface area contributed by atoms with E-state index in [1.165, 1.54) is 12.7 Å². The topological polar surface area (TPSA) is 199 Å². The number of benzene rings is 1. The van der Waals surface area contributed by atoms with Gasteiger partial charge in [0, 0.05) is 30.5 Å². The lowest BCUT2D eigenvalue weighted by Crippen LogP contribution is -2.30. The second kappa shape index (κ2) is 12.3. The van der Waals surface area contributed by atoms with Crippen molar-refractivity contribution in [3.8, 4) is 0 Å². The molecule has 2 atom stereocenters. The van der Waals surface area contributed by atoms with Crippen molar-refractivity contribution >= 4 is 30.4 Å². The van der Waals surface area contributed by atoms with Gasteiger partial charge in [0.2, 0.25) is 0 Å². The van der Waals surface area contributed by atoms with Gasteiger partial charge in [-0.3, -0.25) is 29.6 Å². The van der Waals surface area contributed by atoms with Crippen molar-refractivity contribution in [1.29, 1.82) is 0 Å². The predicted molar refractivity (Wildman–Crippen MR) is 118 cm³/mol. The van der Waals surface area contributed by atoms with Crippen LogP contribution in [0.4, 0.5) is 17.1 Å². The minimum atomic E-state index is -3.10. The summed E-state index contributed by atoms with van der Waals surface area (Å²) in [5, 5.41) is 33.7. The fourth-order valence-electron chi connectivity index (χ4n) is 2.59. The Labute approximate surface area is 180 Å². The van der Waals surface area contributed by atoms with Gasteiger partial charge in [0.15, 0.2) is 13.1 Å². The Morgan fingerprint density at radius 2 is 1.74 bits per heavy atom. The van der Waals surface area contributed by atoms with Crippen molar-refractivity contribution in [2.45, 2.75) is 59.0 Å². The summed E-state index contributed by atoms with van der Waals surface area (Å²) in [6.45, 7) is 8.28. The van der Waals surface area contributed by atoms with E-state index in [0.717, 1.165) is 12.8 Å². The van der Waals surface area contributed by atoms with Crippen LogP contribution >= 0.6 is 7.37 Å². The standard InChI is InChI=1S/C13H19N3O4.C5H12NO4P/c1-5-10(6-2)14-12-11(15(17)18)7-8(3)9(4)13(12)16(19)20;1-11(9,10)3-2-4(6)5(7)8/h7,10,14H,5-6H2,1-4H3;4H,2-3,6H2,1H3,(H,7,8)(H,9,10). The number of hydrogen-bond donors (Lipinski definition) is 4. The molecule has 0 fully saturated rings. The average molecular weight is 462 g/mol. The minimum Gasteiger partial charge on any atom is -0.480 e. The molecule has 1 rings (SSSR count). The van der Waals surface area contributed by atoms with Crippen molar-refractivity contribution < 1.29 is 29.2 Å². The van der Waals surface area contributed by atoms with Crippen LogP contribution in [0.15, 0.2) is 6.07 Å². The second-order valence-corrected chi connectivity index (χ2v) is 9.79. The van der Waals surface area contributed by atoms with E-state index >= 15 is 0 Å². The SMILES string of the molecule is CCC(CC)Nc1c([N+](=O)[O-])cc(C)c(C)c1[N+](=O)[O-].CP(=O)(O)CCC(N)C(=O)O. The lowest BCUT2D eigenvalue weighted by molar-refractivity contribution is -0.392. The van der Waals surface area contributed by atoms with Crippen molar-refractivity contribution in [2.24, 2.45) is 5.73 Å². The van der Waals surface area contributed by atoms with Crippen molar-refractivity contribution in [1.82, 2.24) is 0 Å². The molecule has 0 saturated carbocycles. The Morgan fingerprint density at radius 3 is 2.10 bits per heavy atom. The molecule has 0 bridgehead atoms. The molecule has 0 saturated heterocycles. The first-order valence-corrected chi connectivity index (χ1v) is 11.9. The number of aryl methyl sites for hydroxylation is 1. The molecule has 0 aromatic heterocycles. The number of nitrogens with two attached hydrogens (primary N) is 1. The highest BCUT2D eigenvalue weighted by molar-refractivity contribution is 7.57. The molecule has 2 unspecified atom stereocenters. The molecular weight excluding hydrogens is 431 g/mol. The quantitative estimate of drug-likeness (QED) is 0.227. The summed E-state index contributed by atoms with van der Waals surface area (Å²) >= 11 is 0. The molecule has 1 aromatic carbocycles. The van der Waals surface area contributed by atoms with Gasteiger partial charge in [-0.15, -0.1) is 0 Å². The zero-order valence-electron chi connectivity index (χ0n) is 18.3. The molecule has 0 radical (unpaired) electrons. The van der Waals surface area contributed by atoms with E-state index in [4.69, 9.17) is 15.7 Å². The van der Waals surface area contributed by atoms with Crippen molar-refractivity contribution in [3.63, 3.8) is 0 Å². The normalized spacial score (nSPS) is 13.5. The maximum atomic E-state index is 11.3. The van der Waals surface area contributed by atoms with Crippen LogP contribution < -0.4 is 11.1 Å². The van der Waals surface area contributed by atoms with Gasteiger partial charge in [-0.05, 0) is 38.7 Å². The molecule has 0 spiro atoms. The molecule has 12 nitrogen and oxygen atoms in total. The van der Waals surface area contributed by atoms with E-state index in [2.05, 4.69) is 5.32 Å². The fourth-order valence-corrected chi connectivity index (χ4v) is 3.35. The lowest BCUT2D eigenvalue weighted by atomic mass is 10.0. The van der Waals surface area contributed by atoms with Crippen LogP contribution in [-0.4, -0.2) is 50.7 Å². The number of hydrogen-bond acceptors (Lipinski definition) is 8. The van der Waals surface area contributed by atoms with Gasteiger partial charge in [-0.1, -0.05) is 13.8 Å². The monoisotopic (exact) mass is 462 g/mol. The first kappa shape index (κ1) is 28.4. The summed E-state index contributed by atoms with van der Waals surface area (Å²) < 4.78 is 10.6. The Bertz CT molecular complexity index is 851. The summed E-state index contributed by atoms with van der Waals surface area (Å²) in [6, 6.07) is 0.317. The second-order valence-electron chi connectivity index (χ2n) is 7.24. The Balaban J connectivity index is 0.000000695. The molecule has 0 heterocycles. The molecule has 0 aliphatic rings. The third kappa shape index (κ3) is 9.41. The number of carboxylic acids is 1. The number of nitrogens with one attached hydrogen (secondary N) is 1. The Morgan fingerprint density at radius 1 is 1.23 bits per heavy atom. The van der Waals surface area contributed by atoms with Gasteiger partial charge in [-0.25, -0.2) is 0 Å². The number of aliphatic carboxylic acids is 1. The molecule has 1 aromatic rings. The summed E-state index contributed by atoms with van der Waals surface area (Å²) in [4.78, 5) is 40.2. The van der Waals surface area contributed by atoms with Crippen LogP contribution in [0, 0.1) is 34.1 Å². The average Bonchev–Trinajstić information content (AvgIpc) is 2.65. The summed E-state index contributed by atoms with van der Waals surface area (Å²) in [7, 11) is -3.10. The third-order valence-corrected chi connectivity index (χ3v) is 5.77. The smallest absolute Gasteiger partial charge is 0.320 e. The van der Waals surface area contributed by atoms with Gasteiger partial charge in [-0.2, -0.15) is 0 Å². The summed E-state index contributed by atoms with van der Waals surface area (Å²) in [5.41, 5.74) is 5.65.